The molecule has 0 aliphatic carbocycles. The van der Waals surface area contributed by atoms with Gasteiger partial charge < -0.3 is 10.0 Å². The van der Waals surface area contributed by atoms with E-state index >= 15 is 0 Å². The Hall–Kier alpha value is -1.65. The number of hydrogen-bond donors (Lipinski definition) is 1. The van der Waals surface area contributed by atoms with Crippen LogP contribution in [0.4, 0.5) is 14.5 Å². The Balaban J connectivity index is 2.14. The number of nitrogens with zero attached hydrogens (tertiary/aromatic N) is 1. The van der Waals surface area contributed by atoms with Crippen molar-refractivity contribution in [1.29, 1.82) is 0 Å². The topological polar surface area (TPSA) is 40.5 Å². The third-order valence-corrected chi connectivity index (χ3v) is 2.65. The van der Waals surface area contributed by atoms with Gasteiger partial charge in [0, 0.05) is 18.7 Å². The second kappa shape index (κ2) is 3.73. The molecular formula is C11H11F2NO2. The summed E-state index contributed by atoms with van der Waals surface area (Å²) in [5.41, 5.74) is 0.803. The number of benzene rings is 1. The van der Waals surface area contributed by atoms with Crippen LogP contribution in [0.25, 0.3) is 0 Å². The normalized spacial score (nSPS) is 18.8. The van der Waals surface area contributed by atoms with Crippen LogP contribution in [0.1, 0.15) is 16.8 Å². The molecule has 1 fully saturated rings. The van der Waals surface area contributed by atoms with Crippen molar-refractivity contribution in [3.8, 4) is 0 Å². The first kappa shape index (κ1) is 10.9. The number of carboxylic acid groups (broad SMARTS) is 1. The van der Waals surface area contributed by atoms with Gasteiger partial charge in [-0.2, -0.15) is 0 Å². The molecule has 1 aliphatic heterocycles. The molecular weight excluding hydrogens is 216 g/mol. The van der Waals surface area contributed by atoms with Crippen LogP contribution in [0.3, 0.4) is 0 Å². The molecule has 1 aliphatic rings. The summed E-state index contributed by atoms with van der Waals surface area (Å²) in [4.78, 5) is 12.2. The van der Waals surface area contributed by atoms with Crippen molar-refractivity contribution in [3.05, 3.63) is 29.8 Å². The Kier molecular flexibility index (Phi) is 2.53. The minimum Gasteiger partial charge on any atom is -0.478 e. The molecule has 0 aromatic heterocycles. The highest BCUT2D eigenvalue weighted by Gasteiger charge is 2.38. The summed E-state index contributed by atoms with van der Waals surface area (Å²) in [6.45, 7) is 0.0127. The standard InChI is InChI=1S/C11H11F2NO2/c12-11(13)5-6-14(7-11)9-3-1-8(2-4-9)10(15)16/h1-4H,5-7H2,(H,15,16). The maximum absolute atomic E-state index is 13.0. The van der Waals surface area contributed by atoms with Gasteiger partial charge in [0.15, 0.2) is 0 Å². The first-order chi connectivity index (χ1) is 7.48. The SMILES string of the molecule is O=C(O)c1ccc(N2CCC(F)(F)C2)cc1. The fourth-order valence-corrected chi connectivity index (χ4v) is 1.77. The highest BCUT2D eigenvalue weighted by molar-refractivity contribution is 5.88. The number of halogens is 2. The van der Waals surface area contributed by atoms with E-state index in [2.05, 4.69) is 0 Å². The zero-order chi connectivity index (χ0) is 11.8. The van der Waals surface area contributed by atoms with E-state index in [-0.39, 0.29) is 18.5 Å². The minimum atomic E-state index is -2.63. The van der Waals surface area contributed by atoms with Crippen molar-refractivity contribution in [2.45, 2.75) is 12.3 Å². The lowest BCUT2D eigenvalue weighted by molar-refractivity contribution is 0.0257. The number of carboxylic acids is 1. The molecule has 16 heavy (non-hydrogen) atoms. The number of aromatic carboxylic acids is 1. The van der Waals surface area contributed by atoms with Gasteiger partial charge in [0.1, 0.15) is 0 Å². The average Bonchev–Trinajstić information content (AvgIpc) is 2.59. The zero-order valence-corrected chi connectivity index (χ0v) is 8.49. The fraction of sp³-hybridized carbons (Fsp3) is 0.364. The first-order valence-electron chi connectivity index (χ1n) is 4.94. The number of anilines is 1. The number of hydrogen-bond acceptors (Lipinski definition) is 2. The quantitative estimate of drug-likeness (QED) is 0.842. The molecule has 0 amide bonds. The van der Waals surface area contributed by atoms with E-state index in [4.69, 9.17) is 5.11 Å². The predicted molar refractivity (Wildman–Crippen MR) is 55.2 cm³/mol. The highest BCUT2D eigenvalue weighted by Crippen LogP contribution is 2.30. The Morgan fingerprint density at radius 1 is 1.31 bits per heavy atom. The molecule has 86 valence electrons. The first-order valence-corrected chi connectivity index (χ1v) is 4.94. The number of rotatable bonds is 2. The van der Waals surface area contributed by atoms with Crippen LogP contribution >= 0.6 is 0 Å². The third-order valence-electron chi connectivity index (χ3n) is 2.65. The molecule has 1 aromatic carbocycles. The van der Waals surface area contributed by atoms with E-state index in [1.54, 1.807) is 17.0 Å². The monoisotopic (exact) mass is 227 g/mol. The highest BCUT2D eigenvalue weighted by atomic mass is 19.3. The Morgan fingerprint density at radius 3 is 2.38 bits per heavy atom. The van der Waals surface area contributed by atoms with Gasteiger partial charge in [-0.3, -0.25) is 0 Å². The van der Waals surface area contributed by atoms with E-state index in [1.807, 2.05) is 0 Å². The smallest absolute Gasteiger partial charge is 0.335 e. The van der Waals surface area contributed by atoms with Crippen molar-refractivity contribution < 1.29 is 18.7 Å². The molecule has 0 bridgehead atoms. The van der Waals surface area contributed by atoms with Crippen molar-refractivity contribution in [1.82, 2.24) is 0 Å². The maximum atomic E-state index is 13.0. The second-order valence-corrected chi connectivity index (χ2v) is 3.88. The Morgan fingerprint density at radius 2 is 1.94 bits per heavy atom. The summed E-state index contributed by atoms with van der Waals surface area (Å²) in [5.74, 6) is -3.65. The third kappa shape index (κ3) is 2.13. The molecule has 5 heteroatoms. The van der Waals surface area contributed by atoms with E-state index < -0.39 is 11.9 Å². The summed E-state index contributed by atoms with van der Waals surface area (Å²) in [6.07, 6.45) is -0.145. The lowest BCUT2D eigenvalue weighted by Crippen LogP contribution is -2.24. The lowest BCUT2D eigenvalue weighted by atomic mass is 10.2. The van der Waals surface area contributed by atoms with Crippen molar-refractivity contribution in [2.75, 3.05) is 18.0 Å². The van der Waals surface area contributed by atoms with Crippen LogP contribution in [-0.2, 0) is 0 Å². The molecule has 0 spiro atoms. The maximum Gasteiger partial charge on any atom is 0.335 e. The van der Waals surface area contributed by atoms with Gasteiger partial charge in [0.05, 0.1) is 12.1 Å². The van der Waals surface area contributed by atoms with E-state index in [1.165, 1.54) is 12.1 Å². The van der Waals surface area contributed by atoms with Crippen LogP contribution in [0.15, 0.2) is 24.3 Å². The molecule has 1 aromatic rings. The summed E-state index contributed by atoms with van der Waals surface area (Å²) < 4.78 is 25.9. The molecule has 3 nitrogen and oxygen atoms in total. The summed E-state index contributed by atoms with van der Waals surface area (Å²) >= 11 is 0. The van der Waals surface area contributed by atoms with Crippen LogP contribution in [0.5, 0.6) is 0 Å². The van der Waals surface area contributed by atoms with Gasteiger partial charge in [0.25, 0.3) is 5.92 Å². The summed E-state index contributed by atoms with van der Waals surface area (Å²) in [5, 5.41) is 8.69. The largest absolute Gasteiger partial charge is 0.478 e. The van der Waals surface area contributed by atoms with Crippen molar-refractivity contribution in [3.63, 3.8) is 0 Å². The molecule has 0 atom stereocenters. The zero-order valence-electron chi connectivity index (χ0n) is 8.49. The van der Waals surface area contributed by atoms with Gasteiger partial charge >= 0.3 is 5.97 Å². The van der Waals surface area contributed by atoms with Gasteiger partial charge in [-0.05, 0) is 24.3 Å². The summed E-state index contributed by atoms with van der Waals surface area (Å²) in [6, 6.07) is 5.97. The molecule has 1 heterocycles. The van der Waals surface area contributed by atoms with Crippen LogP contribution in [0, 0.1) is 0 Å². The molecule has 2 rings (SSSR count). The van der Waals surface area contributed by atoms with Crippen LogP contribution in [-0.4, -0.2) is 30.1 Å². The number of carbonyl (C=O) groups is 1. The molecule has 0 unspecified atom stereocenters. The van der Waals surface area contributed by atoms with Crippen LogP contribution < -0.4 is 4.90 Å². The van der Waals surface area contributed by atoms with Crippen molar-refractivity contribution >= 4 is 11.7 Å². The minimum absolute atomic E-state index is 0.145. The second-order valence-electron chi connectivity index (χ2n) is 3.88. The molecule has 1 saturated heterocycles. The fourth-order valence-electron chi connectivity index (χ4n) is 1.77. The van der Waals surface area contributed by atoms with Gasteiger partial charge in [-0.1, -0.05) is 0 Å². The Bertz CT molecular complexity index is 403. The van der Waals surface area contributed by atoms with E-state index in [0.29, 0.717) is 12.2 Å². The van der Waals surface area contributed by atoms with Gasteiger partial charge in [-0.15, -0.1) is 0 Å². The average molecular weight is 227 g/mol. The van der Waals surface area contributed by atoms with Crippen LogP contribution in [0.2, 0.25) is 0 Å². The Labute approximate surface area is 91.3 Å². The van der Waals surface area contributed by atoms with Gasteiger partial charge in [0.2, 0.25) is 0 Å². The molecule has 1 N–H and O–H groups in total. The predicted octanol–water partition coefficient (Wildman–Crippen LogP) is 2.23. The number of alkyl halides is 2. The van der Waals surface area contributed by atoms with Crippen molar-refractivity contribution in [2.24, 2.45) is 0 Å². The lowest BCUT2D eigenvalue weighted by Gasteiger charge is -2.18. The summed E-state index contributed by atoms with van der Waals surface area (Å²) in [7, 11) is 0. The van der Waals surface area contributed by atoms with E-state index in [9.17, 15) is 13.6 Å². The van der Waals surface area contributed by atoms with E-state index in [0.717, 1.165) is 0 Å². The molecule has 0 saturated carbocycles. The van der Waals surface area contributed by atoms with Gasteiger partial charge in [-0.25, -0.2) is 13.6 Å². The molecule has 0 radical (unpaired) electrons.